The first-order chi connectivity index (χ1) is 15.5. The Hall–Kier alpha value is 0.114. The molecule has 8 nitrogen and oxygen atoms in total. The largest absolute Gasteiger partial charge is 0.500 e. The second-order valence-corrected chi connectivity index (χ2v) is 15.6. The molecule has 0 aromatic carbocycles. The Morgan fingerprint density at radius 3 is 1.16 bits per heavy atom. The molecule has 0 amide bonds. The van der Waals surface area contributed by atoms with Gasteiger partial charge in [-0.05, 0) is 63.2 Å². The summed E-state index contributed by atoms with van der Waals surface area (Å²) < 4.78 is 43.6. The second-order valence-electron chi connectivity index (χ2n) is 9.45. The Morgan fingerprint density at radius 2 is 0.875 bits per heavy atom. The first-order valence-electron chi connectivity index (χ1n) is 12.1. The minimum absolute atomic E-state index is 0.558. The maximum absolute atomic E-state index is 5.54. The summed E-state index contributed by atoms with van der Waals surface area (Å²) in [5, 5.41) is 0. The zero-order valence-corrected chi connectivity index (χ0v) is 22.8. The lowest BCUT2D eigenvalue weighted by atomic mass is 9.88. The fraction of sp³-hybridized carbons (Fsp3) is 1.00. The molecule has 4 aliphatic rings. The normalized spacial score (nSPS) is 33.6. The summed E-state index contributed by atoms with van der Waals surface area (Å²) >= 11 is 0. The molecule has 0 aromatic heterocycles. The zero-order chi connectivity index (χ0) is 23.2. The number of rotatable bonds is 12. The summed E-state index contributed by atoms with van der Waals surface area (Å²) in [5.74, 6) is 1.52. The lowest BCUT2D eigenvalue weighted by molar-refractivity contribution is 0.120. The average Bonchev–Trinajstić information content (AvgIpc) is 3.76. The standard InChI is InChI=1S/2C11H22O4Si/c2*1-12-16(13-2,14-3)7-6-9-4-5-10-11(8-9)15-10/h2*9-11H,4-8H2,1-3H3. The van der Waals surface area contributed by atoms with E-state index in [-0.39, 0.29) is 0 Å². The smallest absolute Gasteiger partial charge is 0.377 e. The van der Waals surface area contributed by atoms with Crippen LogP contribution in [0.2, 0.25) is 12.1 Å². The lowest BCUT2D eigenvalue weighted by Gasteiger charge is -2.27. The number of hydrogen-bond acceptors (Lipinski definition) is 8. The fourth-order valence-corrected chi connectivity index (χ4v) is 9.12. The van der Waals surface area contributed by atoms with Gasteiger partial charge >= 0.3 is 17.6 Å². The highest BCUT2D eigenvalue weighted by atomic mass is 28.4. The van der Waals surface area contributed by atoms with Crippen LogP contribution in [0.25, 0.3) is 0 Å². The van der Waals surface area contributed by atoms with Crippen LogP contribution in [-0.2, 0) is 36.0 Å². The molecule has 2 heterocycles. The molecule has 2 aliphatic carbocycles. The van der Waals surface area contributed by atoms with Gasteiger partial charge in [0.15, 0.2) is 0 Å². The Kier molecular flexibility index (Phi) is 10.2. The molecule has 10 heteroatoms. The van der Waals surface area contributed by atoms with Crippen molar-refractivity contribution in [2.24, 2.45) is 11.8 Å². The van der Waals surface area contributed by atoms with E-state index in [0.29, 0.717) is 24.4 Å². The average molecular weight is 493 g/mol. The predicted molar refractivity (Wildman–Crippen MR) is 124 cm³/mol. The highest BCUT2D eigenvalue weighted by Gasteiger charge is 2.46. The summed E-state index contributed by atoms with van der Waals surface area (Å²) in [7, 11) is 5.38. The third-order valence-electron chi connectivity index (χ3n) is 7.81. The Bertz CT molecular complexity index is 496. The van der Waals surface area contributed by atoms with Crippen molar-refractivity contribution in [3.05, 3.63) is 0 Å². The van der Waals surface area contributed by atoms with Crippen LogP contribution in [0.4, 0.5) is 0 Å². The van der Waals surface area contributed by atoms with Gasteiger partial charge < -0.3 is 36.0 Å². The third kappa shape index (κ3) is 7.06. The van der Waals surface area contributed by atoms with Crippen molar-refractivity contribution in [3.8, 4) is 0 Å². The number of hydrogen-bond donors (Lipinski definition) is 0. The van der Waals surface area contributed by atoms with Crippen LogP contribution in [-0.4, -0.2) is 84.7 Å². The van der Waals surface area contributed by atoms with E-state index in [1.807, 2.05) is 0 Å². The number of ether oxygens (including phenoxy) is 2. The summed E-state index contributed by atoms with van der Waals surface area (Å²) in [5.41, 5.74) is 0. The van der Waals surface area contributed by atoms with E-state index in [2.05, 4.69) is 0 Å². The van der Waals surface area contributed by atoms with Gasteiger partial charge in [0.2, 0.25) is 0 Å². The summed E-state index contributed by atoms with van der Waals surface area (Å²) in [6, 6.07) is 1.83. The maximum atomic E-state index is 5.54. The van der Waals surface area contributed by atoms with E-state index in [0.717, 1.165) is 36.8 Å². The maximum Gasteiger partial charge on any atom is 0.500 e. The van der Waals surface area contributed by atoms with Crippen molar-refractivity contribution in [1.29, 1.82) is 0 Å². The molecule has 2 saturated heterocycles. The molecule has 0 aromatic rings. The molecule has 188 valence electrons. The molecular formula is C22H44O8Si2. The van der Waals surface area contributed by atoms with Gasteiger partial charge in [-0.1, -0.05) is 0 Å². The molecule has 6 atom stereocenters. The van der Waals surface area contributed by atoms with Crippen LogP contribution in [0.5, 0.6) is 0 Å². The molecule has 0 spiro atoms. The molecule has 0 N–H and O–H groups in total. The van der Waals surface area contributed by atoms with E-state index in [9.17, 15) is 0 Å². The molecule has 2 aliphatic heterocycles. The van der Waals surface area contributed by atoms with Gasteiger partial charge in [-0.25, -0.2) is 0 Å². The van der Waals surface area contributed by atoms with Crippen molar-refractivity contribution >= 4 is 17.6 Å². The second kappa shape index (κ2) is 12.2. The van der Waals surface area contributed by atoms with Crippen molar-refractivity contribution in [1.82, 2.24) is 0 Å². The lowest BCUT2D eigenvalue weighted by Crippen LogP contribution is -2.43. The van der Waals surface area contributed by atoms with Crippen molar-refractivity contribution < 1.29 is 36.0 Å². The number of fused-ring (bicyclic) bond motifs is 2. The summed E-state index contributed by atoms with van der Waals surface area (Å²) in [4.78, 5) is 0. The van der Waals surface area contributed by atoms with Crippen molar-refractivity contribution in [2.75, 3.05) is 42.7 Å². The van der Waals surface area contributed by atoms with Gasteiger partial charge in [0.25, 0.3) is 0 Å². The van der Waals surface area contributed by atoms with Crippen LogP contribution < -0.4 is 0 Å². The van der Waals surface area contributed by atoms with Crippen molar-refractivity contribution in [2.45, 2.75) is 87.9 Å². The molecular weight excluding hydrogens is 448 g/mol. The first-order valence-corrected chi connectivity index (χ1v) is 15.9. The van der Waals surface area contributed by atoms with E-state index < -0.39 is 17.6 Å². The molecule has 0 bridgehead atoms. The van der Waals surface area contributed by atoms with Crippen LogP contribution in [0.1, 0.15) is 51.4 Å². The summed E-state index contributed by atoms with van der Waals surface area (Å²) in [6.45, 7) is 0. The van der Waals surface area contributed by atoms with Crippen LogP contribution in [0.3, 0.4) is 0 Å². The van der Waals surface area contributed by atoms with Gasteiger partial charge in [0, 0.05) is 54.7 Å². The highest BCUT2D eigenvalue weighted by Crippen LogP contribution is 2.42. The van der Waals surface area contributed by atoms with E-state index in [4.69, 9.17) is 36.0 Å². The van der Waals surface area contributed by atoms with Gasteiger partial charge in [0.1, 0.15) is 0 Å². The quantitative estimate of drug-likeness (QED) is 0.302. The van der Waals surface area contributed by atoms with E-state index in [1.54, 1.807) is 42.7 Å². The topological polar surface area (TPSA) is 80.4 Å². The Morgan fingerprint density at radius 1 is 0.531 bits per heavy atom. The molecule has 2 saturated carbocycles. The predicted octanol–water partition coefficient (Wildman–Crippen LogP) is 3.64. The molecule has 6 unspecified atom stereocenters. The minimum atomic E-state index is -2.35. The first kappa shape index (κ1) is 26.7. The fourth-order valence-electron chi connectivity index (χ4n) is 5.37. The van der Waals surface area contributed by atoms with Crippen LogP contribution >= 0.6 is 0 Å². The Labute approximate surface area is 196 Å². The minimum Gasteiger partial charge on any atom is -0.377 e. The Balaban J connectivity index is 0.000000181. The van der Waals surface area contributed by atoms with Gasteiger partial charge in [-0.2, -0.15) is 0 Å². The van der Waals surface area contributed by atoms with Crippen LogP contribution in [0.15, 0.2) is 0 Å². The van der Waals surface area contributed by atoms with Gasteiger partial charge in [0.05, 0.1) is 24.4 Å². The van der Waals surface area contributed by atoms with E-state index in [1.165, 1.54) is 38.5 Å². The highest BCUT2D eigenvalue weighted by molar-refractivity contribution is 6.60. The molecule has 4 rings (SSSR count). The van der Waals surface area contributed by atoms with Crippen molar-refractivity contribution in [3.63, 3.8) is 0 Å². The van der Waals surface area contributed by atoms with E-state index >= 15 is 0 Å². The SMILES string of the molecule is CO[Si](CCC1CCC2OC2C1)(OC)OC.CO[Si](CCC1CCC2OC2C1)(OC)OC. The van der Waals surface area contributed by atoms with Gasteiger partial charge in [-0.3, -0.25) is 0 Å². The molecule has 0 radical (unpaired) electrons. The van der Waals surface area contributed by atoms with Gasteiger partial charge in [-0.15, -0.1) is 0 Å². The third-order valence-corrected chi connectivity index (χ3v) is 13.3. The molecule has 32 heavy (non-hydrogen) atoms. The van der Waals surface area contributed by atoms with Crippen LogP contribution in [0, 0.1) is 11.8 Å². The summed E-state index contributed by atoms with van der Waals surface area (Å²) in [6.07, 6.45) is 12.0. The monoisotopic (exact) mass is 492 g/mol. The number of epoxide rings is 2. The molecule has 4 fully saturated rings. The zero-order valence-electron chi connectivity index (χ0n) is 20.8.